The first-order valence-electron chi connectivity index (χ1n) is 16.0. The highest BCUT2D eigenvalue weighted by Crippen LogP contribution is 2.50. The third-order valence-electron chi connectivity index (χ3n) is 9.44. The minimum atomic E-state index is -0.0270. The monoisotopic (exact) mass is 693 g/mol. The highest BCUT2D eigenvalue weighted by atomic mass is 79.9. The lowest BCUT2D eigenvalue weighted by Gasteiger charge is -2.22. The molecule has 0 amide bonds. The molecule has 2 aliphatic rings. The minimum Gasteiger partial charge on any atom is -0.537 e. The van der Waals surface area contributed by atoms with Gasteiger partial charge in [0.2, 0.25) is 0 Å². The van der Waals surface area contributed by atoms with Crippen molar-refractivity contribution in [2.75, 3.05) is 11.5 Å². The number of rotatable bonds is 3. The molecule has 0 aliphatic heterocycles. The van der Waals surface area contributed by atoms with Crippen molar-refractivity contribution >= 4 is 35.0 Å². The Bertz CT molecular complexity index is 2050. The molecule has 8 rings (SSSR count). The van der Waals surface area contributed by atoms with Crippen LogP contribution in [0.25, 0.3) is 33.4 Å². The van der Waals surface area contributed by atoms with Crippen LogP contribution in [0.2, 0.25) is 0 Å². The summed E-state index contributed by atoms with van der Waals surface area (Å²) in [5, 5.41) is 8.72. The van der Waals surface area contributed by atoms with Crippen LogP contribution in [-0.4, -0.2) is 12.7 Å². The molecule has 1 radical (unpaired) electrons. The highest BCUT2D eigenvalue weighted by Gasteiger charge is 2.36. The van der Waals surface area contributed by atoms with Gasteiger partial charge in [0.1, 0.15) is 5.75 Å². The van der Waals surface area contributed by atoms with E-state index in [1.807, 2.05) is 48.5 Å². The first-order valence-corrected chi connectivity index (χ1v) is 16.8. The number of benzene rings is 6. The summed E-state index contributed by atoms with van der Waals surface area (Å²) in [5.41, 5.74) is 26.0. The second-order valence-corrected chi connectivity index (χ2v) is 14.1. The van der Waals surface area contributed by atoms with Crippen LogP contribution >= 0.6 is 15.9 Å². The fourth-order valence-corrected chi connectivity index (χ4v) is 7.10. The number of hydrogen-bond acceptors (Lipinski definition) is 4. The first kappa shape index (κ1) is 33.1. The maximum absolute atomic E-state index is 8.72. The second-order valence-electron chi connectivity index (χ2n) is 13.2. The largest absolute Gasteiger partial charge is 0.569 e. The molecule has 2 aliphatic carbocycles. The van der Waals surface area contributed by atoms with Gasteiger partial charge < -0.3 is 21.1 Å². The van der Waals surface area contributed by atoms with Gasteiger partial charge in [-0.2, -0.15) is 0 Å². The molecular formula is C42H39BBrN2O2. The summed E-state index contributed by atoms with van der Waals surface area (Å²) in [7, 11) is 0.719. The van der Waals surface area contributed by atoms with Crippen molar-refractivity contribution in [3.63, 3.8) is 0 Å². The topological polar surface area (TPSA) is 81.5 Å². The van der Waals surface area contributed by atoms with Crippen molar-refractivity contribution in [1.82, 2.24) is 0 Å². The molecule has 0 saturated carbocycles. The maximum Gasteiger partial charge on any atom is 0.569 e. The number of fused-ring (bicyclic) bond motifs is 6. The van der Waals surface area contributed by atoms with Crippen LogP contribution in [0.15, 0.2) is 138 Å². The zero-order valence-corrected chi connectivity index (χ0v) is 29.3. The smallest absolute Gasteiger partial charge is 0.537 e. The molecular weight excluding hydrogens is 655 g/mol. The van der Waals surface area contributed by atoms with E-state index in [0.717, 1.165) is 23.5 Å². The Kier molecular flexibility index (Phi) is 9.24. The maximum atomic E-state index is 8.72. The lowest BCUT2D eigenvalue weighted by Crippen LogP contribution is -2.15. The van der Waals surface area contributed by atoms with E-state index in [2.05, 4.69) is 129 Å². The Balaban J connectivity index is 0.000000138. The molecule has 0 saturated heterocycles. The molecule has 6 aromatic carbocycles. The van der Waals surface area contributed by atoms with Crippen LogP contribution in [0.1, 0.15) is 49.9 Å². The van der Waals surface area contributed by atoms with E-state index in [9.17, 15) is 0 Å². The minimum absolute atomic E-state index is 0.0270. The van der Waals surface area contributed by atoms with Gasteiger partial charge in [0, 0.05) is 26.7 Å². The SMILES string of the molecule is CC1(C)c2ccccc2-c2ccc(-c3ccc(N)cc3)cc21.CC1(C)c2ccccc2-c2ccc(O[B]O)cc21.Nc1ccc(Br)cc1. The predicted octanol–water partition coefficient (Wildman–Crippen LogP) is 10.2. The van der Waals surface area contributed by atoms with Crippen LogP contribution in [0.3, 0.4) is 0 Å². The predicted molar refractivity (Wildman–Crippen MR) is 205 cm³/mol. The van der Waals surface area contributed by atoms with E-state index in [1.165, 1.54) is 55.6 Å². The fourth-order valence-electron chi connectivity index (χ4n) is 6.84. The molecule has 6 heteroatoms. The van der Waals surface area contributed by atoms with Gasteiger partial charge in [0.15, 0.2) is 0 Å². The van der Waals surface area contributed by atoms with Crippen LogP contribution in [0, 0.1) is 0 Å². The molecule has 6 aromatic rings. The van der Waals surface area contributed by atoms with Crippen LogP contribution in [0.5, 0.6) is 5.75 Å². The Labute approximate surface area is 292 Å². The van der Waals surface area contributed by atoms with Crippen molar-refractivity contribution in [3.05, 3.63) is 160 Å². The number of anilines is 2. The van der Waals surface area contributed by atoms with E-state index in [-0.39, 0.29) is 10.8 Å². The Hall–Kier alpha value is -4.78. The first-order chi connectivity index (χ1) is 23.0. The average Bonchev–Trinajstić information content (AvgIpc) is 3.46. The quantitative estimate of drug-likeness (QED) is 0.127. The third-order valence-corrected chi connectivity index (χ3v) is 9.97. The number of nitrogens with two attached hydrogens (primary N) is 2. The fraction of sp³-hybridized carbons (Fsp3) is 0.143. The van der Waals surface area contributed by atoms with Crippen molar-refractivity contribution in [1.29, 1.82) is 0 Å². The summed E-state index contributed by atoms with van der Waals surface area (Å²) < 4.78 is 6.12. The molecule has 0 fully saturated rings. The van der Waals surface area contributed by atoms with E-state index in [1.54, 1.807) is 0 Å². The summed E-state index contributed by atoms with van der Waals surface area (Å²) in [6.45, 7) is 9.04. The second kappa shape index (κ2) is 13.4. The average molecular weight is 695 g/mol. The van der Waals surface area contributed by atoms with Crippen molar-refractivity contribution in [2.24, 2.45) is 0 Å². The van der Waals surface area contributed by atoms with Gasteiger partial charge in [-0.25, -0.2) is 0 Å². The van der Waals surface area contributed by atoms with E-state index >= 15 is 0 Å². The van der Waals surface area contributed by atoms with Crippen LogP contribution < -0.4 is 16.1 Å². The van der Waals surface area contributed by atoms with Gasteiger partial charge in [-0.05, 0) is 110 Å². The van der Waals surface area contributed by atoms with Crippen molar-refractivity contribution < 1.29 is 9.68 Å². The molecule has 5 N–H and O–H groups in total. The molecule has 48 heavy (non-hydrogen) atoms. The summed E-state index contributed by atoms with van der Waals surface area (Å²) in [5.74, 6) is 0.664. The summed E-state index contributed by atoms with van der Waals surface area (Å²) in [6.07, 6.45) is 0. The molecule has 0 atom stereocenters. The normalized spacial score (nSPS) is 13.7. The standard InChI is InChI=1S/C21H19N.C15H14BO2.C6H6BrN/c1-21(2)19-6-4-3-5-17(19)18-12-9-15(13-20(18)21)14-7-10-16(22)11-8-14;1-15(2)13-6-4-3-5-11(13)12-8-7-10(18-16-17)9-14(12)15;7-5-1-3-6(8)4-2-5/h3-13H,22H2,1-2H3;3-9,17H,1-2H3;1-4H,8H2. The van der Waals surface area contributed by atoms with Gasteiger partial charge in [0.05, 0.1) is 0 Å². The Morgan fingerprint density at radius 1 is 0.521 bits per heavy atom. The summed E-state index contributed by atoms with van der Waals surface area (Å²) in [4.78, 5) is 0. The van der Waals surface area contributed by atoms with Gasteiger partial charge >= 0.3 is 7.69 Å². The van der Waals surface area contributed by atoms with E-state index in [0.29, 0.717) is 5.75 Å². The molecule has 239 valence electrons. The van der Waals surface area contributed by atoms with Gasteiger partial charge in [-0.15, -0.1) is 0 Å². The van der Waals surface area contributed by atoms with Crippen LogP contribution in [-0.2, 0) is 10.8 Å². The molecule has 0 heterocycles. The Morgan fingerprint density at radius 3 is 1.48 bits per heavy atom. The van der Waals surface area contributed by atoms with Gasteiger partial charge in [0.25, 0.3) is 0 Å². The van der Waals surface area contributed by atoms with Gasteiger partial charge in [-0.3, -0.25) is 0 Å². The van der Waals surface area contributed by atoms with Gasteiger partial charge in [-0.1, -0.05) is 122 Å². The summed E-state index contributed by atoms with van der Waals surface area (Å²) in [6, 6.07) is 45.6. The van der Waals surface area contributed by atoms with E-state index < -0.39 is 0 Å². The lowest BCUT2D eigenvalue weighted by molar-refractivity contribution is 0.453. The van der Waals surface area contributed by atoms with E-state index in [4.69, 9.17) is 21.1 Å². The highest BCUT2D eigenvalue weighted by molar-refractivity contribution is 9.10. The third kappa shape index (κ3) is 6.38. The number of halogens is 1. The zero-order valence-electron chi connectivity index (χ0n) is 27.7. The molecule has 0 aromatic heterocycles. The Morgan fingerprint density at radius 2 is 0.958 bits per heavy atom. The van der Waals surface area contributed by atoms with Crippen molar-refractivity contribution in [2.45, 2.75) is 38.5 Å². The van der Waals surface area contributed by atoms with Crippen LogP contribution in [0.4, 0.5) is 11.4 Å². The molecule has 0 bridgehead atoms. The molecule has 4 nitrogen and oxygen atoms in total. The number of nitrogen functional groups attached to an aromatic ring is 2. The molecule has 0 unspecified atom stereocenters. The lowest BCUT2D eigenvalue weighted by atomic mass is 9.81. The number of hydrogen-bond donors (Lipinski definition) is 3. The summed E-state index contributed by atoms with van der Waals surface area (Å²) >= 11 is 3.29. The molecule has 0 spiro atoms. The van der Waals surface area contributed by atoms with Crippen molar-refractivity contribution in [3.8, 4) is 39.1 Å². The zero-order chi connectivity index (χ0) is 34.1.